The number of carbonyl (C=O) groups is 1. The van der Waals surface area contributed by atoms with Gasteiger partial charge in [-0.25, -0.2) is 14.8 Å². The number of rotatable bonds is 4. The Bertz CT molecular complexity index is 1010. The van der Waals surface area contributed by atoms with Gasteiger partial charge in [0.1, 0.15) is 16.4 Å². The number of ether oxygens (including phenoxy) is 1. The van der Waals surface area contributed by atoms with Crippen molar-refractivity contribution in [3.05, 3.63) is 40.8 Å². The summed E-state index contributed by atoms with van der Waals surface area (Å²) in [5.41, 5.74) is 2.77. The molecule has 0 aliphatic rings. The smallest absolute Gasteiger partial charge is 0.323 e. The van der Waals surface area contributed by atoms with Crippen molar-refractivity contribution in [3.8, 4) is 6.07 Å². The summed E-state index contributed by atoms with van der Waals surface area (Å²) >= 11 is 1.48. The van der Waals surface area contributed by atoms with E-state index in [0.717, 1.165) is 15.4 Å². The molecule has 3 aromatic rings. The summed E-state index contributed by atoms with van der Waals surface area (Å²) in [6, 6.07) is 3.04. The first-order valence-corrected chi connectivity index (χ1v) is 8.55. The number of methoxy groups -OCH3 is 1. The van der Waals surface area contributed by atoms with Gasteiger partial charge in [-0.2, -0.15) is 5.26 Å². The number of nitrogens with one attached hydrogen (secondary N) is 2. The summed E-state index contributed by atoms with van der Waals surface area (Å²) in [5.74, 6) is 0. The highest BCUT2D eigenvalue weighted by Gasteiger charge is 2.19. The fourth-order valence-corrected chi connectivity index (χ4v) is 3.26. The summed E-state index contributed by atoms with van der Waals surface area (Å²) in [6.07, 6.45) is 4.20. The monoisotopic (exact) mass is 368 g/mol. The molecule has 26 heavy (non-hydrogen) atoms. The fourth-order valence-electron chi connectivity index (χ4n) is 2.48. The summed E-state index contributed by atoms with van der Waals surface area (Å²) in [7, 11) is 1.60. The number of anilines is 2. The maximum absolute atomic E-state index is 12.4. The van der Waals surface area contributed by atoms with Crippen LogP contribution in [0.1, 0.15) is 29.2 Å². The van der Waals surface area contributed by atoms with Crippen molar-refractivity contribution in [2.24, 2.45) is 0 Å². The van der Waals surface area contributed by atoms with Crippen LogP contribution in [0.15, 0.2) is 24.7 Å². The average Bonchev–Trinajstić information content (AvgIpc) is 3.01. The molecule has 0 saturated heterocycles. The van der Waals surface area contributed by atoms with E-state index in [2.05, 4.69) is 25.6 Å². The van der Waals surface area contributed by atoms with Gasteiger partial charge < -0.3 is 15.4 Å². The second-order valence-electron chi connectivity index (χ2n) is 5.50. The van der Waals surface area contributed by atoms with Crippen LogP contribution in [-0.4, -0.2) is 28.1 Å². The second-order valence-corrected chi connectivity index (χ2v) is 6.68. The third-order valence-corrected chi connectivity index (χ3v) is 4.58. The van der Waals surface area contributed by atoms with E-state index < -0.39 is 6.03 Å². The van der Waals surface area contributed by atoms with Crippen molar-refractivity contribution in [2.75, 3.05) is 17.7 Å². The predicted octanol–water partition coefficient (Wildman–Crippen LogP) is 3.62. The predicted molar refractivity (Wildman–Crippen MR) is 99.2 cm³/mol. The molecule has 8 nitrogen and oxygen atoms in total. The first-order valence-electron chi connectivity index (χ1n) is 7.73. The molecule has 3 aromatic heterocycles. The standard InChI is InChI=1S/C17H16N6O2S/c1-9(25-3)14-13(8-20-16-15(14)21-10(2)26-16)23-17(24)22-12-4-11(5-18)6-19-7-12/h4,6-9H,1-3H3,(H2,22,23,24). The van der Waals surface area contributed by atoms with E-state index >= 15 is 0 Å². The lowest BCUT2D eigenvalue weighted by molar-refractivity contribution is 0.121. The molecular weight excluding hydrogens is 352 g/mol. The number of fused-ring (bicyclic) bond motifs is 1. The number of nitrogens with zero attached hydrogens (tertiary/aromatic N) is 4. The summed E-state index contributed by atoms with van der Waals surface area (Å²) in [6.45, 7) is 3.79. The number of pyridine rings is 2. The van der Waals surface area contributed by atoms with Gasteiger partial charge in [-0.3, -0.25) is 4.98 Å². The van der Waals surface area contributed by atoms with E-state index in [-0.39, 0.29) is 6.10 Å². The van der Waals surface area contributed by atoms with Crippen LogP contribution in [0.5, 0.6) is 0 Å². The first kappa shape index (κ1) is 17.7. The summed E-state index contributed by atoms with van der Waals surface area (Å²) in [4.78, 5) is 26.0. The zero-order chi connectivity index (χ0) is 18.7. The van der Waals surface area contributed by atoms with Gasteiger partial charge in [-0.1, -0.05) is 11.3 Å². The van der Waals surface area contributed by atoms with E-state index in [4.69, 9.17) is 10.00 Å². The number of hydrogen-bond donors (Lipinski definition) is 2. The van der Waals surface area contributed by atoms with Gasteiger partial charge in [0.05, 0.1) is 40.4 Å². The molecule has 0 radical (unpaired) electrons. The van der Waals surface area contributed by atoms with Crippen molar-refractivity contribution in [1.82, 2.24) is 15.0 Å². The lowest BCUT2D eigenvalue weighted by Gasteiger charge is -2.16. The molecule has 0 spiro atoms. The quantitative estimate of drug-likeness (QED) is 0.727. The molecular formula is C17H16N6O2S. The number of thiazole rings is 1. The molecule has 2 N–H and O–H groups in total. The molecule has 0 bridgehead atoms. The number of nitriles is 1. The van der Waals surface area contributed by atoms with Crippen molar-refractivity contribution in [2.45, 2.75) is 20.0 Å². The Kier molecular flexibility index (Phi) is 5.06. The minimum Gasteiger partial charge on any atom is -0.377 e. The topological polar surface area (TPSA) is 113 Å². The van der Waals surface area contributed by atoms with E-state index in [1.165, 1.54) is 29.8 Å². The normalized spacial score (nSPS) is 11.8. The van der Waals surface area contributed by atoms with Gasteiger partial charge in [0.25, 0.3) is 0 Å². The molecule has 3 rings (SSSR count). The lowest BCUT2D eigenvalue weighted by atomic mass is 10.1. The van der Waals surface area contributed by atoms with Gasteiger partial charge in [0.2, 0.25) is 0 Å². The molecule has 132 valence electrons. The Morgan fingerprint density at radius 2 is 2.15 bits per heavy atom. The molecule has 0 aromatic carbocycles. The first-order chi connectivity index (χ1) is 12.5. The van der Waals surface area contributed by atoms with Crippen LogP contribution in [-0.2, 0) is 4.74 Å². The third kappa shape index (κ3) is 3.61. The van der Waals surface area contributed by atoms with Crippen molar-refractivity contribution in [1.29, 1.82) is 5.26 Å². The number of aromatic nitrogens is 3. The Labute approximate surface area is 153 Å². The van der Waals surface area contributed by atoms with Gasteiger partial charge in [-0.05, 0) is 19.9 Å². The van der Waals surface area contributed by atoms with Crippen LogP contribution in [0, 0.1) is 18.3 Å². The summed E-state index contributed by atoms with van der Waals surface area (Å²) < 4.78 is 5.44. The van der Waals surface area contributed by atoms with Crippen molar-refractivity contribution in [3.63, 3.8) is 0 Å². The third-order valence-electron chi connectivity index (χ3n) is 3.71. The number of urea groups is 1. The van der Waals surface area contributed by atoms with Gasteiger partial charge in [0, 0.05) is 18.9 Å². The Morgan fingerprint density at radius 3 is 2.88 bits per heavy atom. The Balaban J connectivity index is 1.90. The molecule has 1 atom stereocenters. The van der Waals surface area contributed by atoms with Crippen LogP contribution in [0.3, 0.4) is 0 Å². The fraction of sp³-hybridized carbons (Fsp3) is 0.235. The molecule has 0 fully saturated rings. The van der Waals surface area contributed by atoms with E-state index in [9.17, 15) is 4.79 Å². The maximum Gasteiger partial charge on any atom is 0.323 e. The molecule has 0 aliphatic heterocycles. The minimum atomic E-state index is -0.473. The van der Waals surface area contributed by atoms with Crippen LogP contribution < -0.4 is 10.6 Å². The second kappa shape index (κ2) is 7.43. The van der Waals surface area contributed by atoms with Crippen LogP contribution in [0.2, 0.25) is 0 Å². The van der Waals surface area contributed by atoms with Crippen molar-refractivity contribution < 1.29 is 9.53 Å². The molecule has 9 heteroatoms. The van der Waals surface area contributed by atoms with Crippen LogP contribution >= 0.6 is 11.3 Å². The molecule has 0 saturated carbocycles. The van der Waals surface area contributed by atoms with Crippen molar-refractivity contribution >= 4 is 39.1 Å². The van der Waals surface area contributed by atoms with Crippen LogP contribution in [0.25, 0.3) is 10.3 Å². The zero-order valence-corrected chi connectivity index (χ0v) is 15.2. The Morgan fingerprint density at radius 1 is 1.35 bits per heavy atom. The number of carbonyl (C=O) groups excluding carboxylic acids is 1. The maximum atomic E-state index is 12.4. The number of hydrogen-bond acceptors (Lipinski definition) is 7. The van der Waals surface area contributed by atoms with Crippen LogP contribution in [0.4, 0.5) is 16.2 Å². The van der Waals surface area contributed by atoms with E-state index in [0.29, 0.717) is 22.5 Å². The molecule has 0 aliphatic carbocycles. The van der Waals surface area contributed by atoms with Gasteiger partial charge >= 0.3 is 6.03 Å². The summed E-state index contributed by atoms with van der Waals surface area (Å²) in [5, 5.41) is 15.2. The SMILES string of the molecule is COC(C)c1c(NC(=O)Nc2cncc(C#N)c2)cnc2sc(C)nc12. The number of amides is 2. The average molecular weight is 368 g/mol. The minimum absolute atomic E-state index is 0.277. The highest BCUT2D eigenvalue weighted by molar-refractivity contribution is 7.18. The number of aryl methyl sites for hydroxylation is 1. The lowest BCUT2D eigenvalue weighted by Crippen LogP contribution is -2.21. The van der Waals surface area contributed by atoms with E-state index in [1.54, 1.807) is 13.3 Å². The highest BCUT2D eigenvalue weighted by atomic mass is 32.1. The van der Waals surface area contributed by atoms with Gasteiger partial charge in [-0.15, -0.1) is 0 Å². The zero-order valence-electron chi connectivity index (χ0n) is 14.4. The molecule has 1 unspecified atom stereocenters. The van der Waals surface area contributed by atoms with E-state index in [1.807, 2.05) is 19.9 Å². The van der Waals surface area contributed by atoms with Gasteiger partial charge in [0.15, 0.2) is 0 Å². The highest BCUT2D eigenvalue weighted by Crippen LogP contribution is 2.33. The molecule has 2 amide bonds. The largest absolute Gasteiger partial charge is 0.377 e. The molecule has 3 heterocycles. The Hall–Kier alpha value is -3.09.